The largest absolute Gasteiger partial charge is 0.356 e. The zero-order valence-electron chi connectivity index (χ0n) is 12.5. The van der Waals surface area contributed by atoms with E-state index in [4.69, 9.17) is 5.73 Å². The number of aryl methyl sites for hydroxylation is 1. The molecule has 3 nitrogen and oxygen atoms in total. The zero-order valence-corrected chi connectivity index (χ0v) is 12.5. The molecule has 0 spiro atoms. The Morgan fingerprint density at radius 2 is 2.00 bits per heavy atom. The van der Waals surface area contributed by atoms with E-state index in [0.29, 0.717) is 19.5 Å². The molecule has 0 fully saturated rings. The Labute approximate surface area is 116 Å². The van der Waals surface area contributed by atoms with E-state index < -0.39 is 0 Å². The summed E-state index contributed by atoms with van der Waals surface area (Å²) in [5.41, 5.74) is 9.42. The van der Waals surface area contributed by atoms with Crippen LogP contribution in [-0.2, 0) is 16.6 Å². The number of hydrogen-bond donors (Lipinski definition) is 2. The van der Waals surface area contributed by atoms with E-state index in [1.165, 1.54) is 16.7 Å². The van der Waals surface area contributed by atoms with Gasteiger partial charge in [-0.15, -0.1) is 0 Å². The summed E-state index contributed by atoms with van der Waals surface area (Å²) in [7, 11) is 0. The lowest BCUT2D eigenvalue weighted by Crippen LogP contribution is -2.27. The van der Waals surface area contributed by atoms with Crippen LogP contribution in [0.15, 0.2) is 18.2 Å². The van der Waals surface area contributed by atoms with Crippen LogP contribution in [0, 0.1) is 6.92 Å². The molecule has 0 saturated carbocycles. The molecule has 1 aromatic carbocycles. The second-order valence-corrected chi connectivity index (χ2v) is 6.03. The van der Waals surface area contributed by atoms with Crippen LogP contribution in [0.5, 0.6) is 0 Å². The molecule has 0 saturated heterocycles. The van der Waals surface area contributed by atoms with E-state index in [-0.39, 0.29) is 11.3 Å². The molecule has 3 N–H and O–H groups in total. The molecule has 0 unspecified atom stereocenters. The van der Waals surface area contributed by atoms with Crippen LogP contribution < -0.4 is 11.1 Å². The maximum atomic E-state index is 11.4. The van der Waals surface area contributed by atoms with Crippen LogP contribution in [0.3, 0.4) is 0 Å². The monoisotopic (exact) mass is 262 g/mol. The van der Waals surface area contributed by atoms with Crippen LogP contribution >= 0.6 is 0 Å². The van der Waals surface area contributed by atoms with Gasteiger partial charge in [0.15, 0.2) is 0 Å². The SMILES string of the molecule is Cc1ccc(C(C)(C)C)cc1CCNC(=O)CCN. The molecule has 19 heavy (non-hydrogen) atoms. The van der Waals surface area contributed by atoms with E-state index in [2.05, 4.69) is 51.2 Å². The fraction of sp³-hybridized carbons (Fsp3) is 0.562. The van der Waals surface area contributed by atoms with Crippen molar-refractivity contribution in [1.82, 2.24) is 5.32 Å². The summed E-state index contributed by atoms with van der Waals surface area (Å²) in [6.45, 7) is 9.83. The third-order valence-electron chi connectivity index (χ3n) is 3.30. The van der Waals surface area contributed by atoms with Crippen molar-refractivity contribution in [2.24, 2.45) is 5.73 Å². The van der Waals surface area contributed by atoms with Crippen molar-refractivity contribution >= 4 is 5.91 Å². The summed E-state index contributed by atoms with van der Waals surface area (Å²) in [5.74, 6) is 0.0344. The van der Waals surface area contributed by atoms with Gasteiger partial charge in [0.05, 0.1) is 0 Å². The van der Waals surface area contributed by atoms with E-state index >= 15 is 0 Å². The van der Waals surface area contributed by atoms with Gasteiger partial charge in [-0.2, -0.15) is 0 Å². The van der Waals surface area contributed by atoms with Crippen molar-refractivity contribution in [2.75, 3.05) is 13.1 Å². The van der Waals surface area contributed by atoms with Gasteiger partial charge in [-0.3, -0.25) is 4.79 Å². The minimum atomic E-state index is 0.0344. The molecule has 106 valence electrons. The minimum absolute atomic E-state index is 0.0344. The van der Waals surface area contributed by atoms with Crippen molar-refractivity contribution in [3.8, 4) is 0 Å². The Morgan fingerprint density at radius 3 is 2.58 bits per heavy atom. The molecular formula is C16H26N2O. The van der Waals surface area contributed by atoms with Gasteiger partial charge >= 0.3 is 0 Å². The average Bonchev–Trinajstić information content (AvgIpc) is 2.30. The van der Waals surface area contributed by atoms with Gasteiger partial charge in [0, 0.05) is 19.5 Å². The number of benzene rings is 1. The van der Waals surface area contributed by atoms with E-state index in [1.54, 1.807) is 0 Å². The Bertz CT molecular complexity index is 433. The number of carbonyl (C=O) groups is 1. The van der Waals surface area contributed by atoms with Crippen molar-refractivity contribution in [1.29, 1.82) is 0 Å². The van der Waals surface area contributed by atoms with Crippen molar-refractivity contribution in [3.63, 3.8) is 0 Å². The molecule has 0 aromatic heterocycles. The number of amides is 1. The first-order valence-corrected chi connectivity index (χ1v) is 6.91. The highest BCUT2D eigenvalue weighted by molar-refractivity contribution is 5.76. The second-order valence-electron chi connectivity index (χ2n) is 6.03. The Hall–Kier alpha value is -1.35. The smallest absolute Gasteiger partial charge is 0.221 e. The molecule has 3 heteroatoms. The highest BCUT2D eigenvalue weighted by Crippen LogP contribution is 2.24. The summed E-state index contributed by atoms with van der Waals surface area (Å²) in [4.78, 5) is 11.4. The molecule has 0 radical (unpaired) electrons. The number of rotatable bonds is 5. The van der Waals surface area contributed by atoms with Crippen LogP contribution in [0.4, 0.5) is 0 Å². The minimum Gasteiger partial charge on any atom is -0.356 e. The van der Waals surface area contributed by atoms with Crippen LogP contribution in [-0.4, -0.2) is 19.0 Å². The molecule has 0 aliphatic carbocycles. The van der Waals surface area contributed by atoms with Crippen LogP contribution in [0.1, 0.15) is 43.9 Å². The van der Waals surface area contributed by atoms with Gasteiger partial charge in [-0.25, -0.2) is 0 Å². The quantitative estimate of drug-likeness (QED) is 0.855. The molecule has 1 aromatic rings. The van der Waals surface area contributed by atoms with Gasteiger partial charge in [-0.1, -0.05) is 39.0 Å². The fourth-order valence-corrected chi connectivity index (χ4v) is 1.96. The normalized spacial score (nSPS) is 11.4. The third kappa shape index (κ3) is 5.03. The number of nitrogens with two attached hydrogens (primary N) is 1. The highest BCUT2D eigenvalue weighted by atomic mass is 16.1. The standard InChI is InChI=1S/C16H26N2O/c1-12-5-6-14(16(2,3)4)11-13(12)8-10-18-15(19)7-9-17/h5-6,11H,7-10,17H2,1-4H3,(H,18,19). The van der Waals surface area contributed by atoms with Crippen molar-refractivity contribution < 1.29 is 4.79 Å². The molecule has 1 rings (SSSR count). The van der Waals surface area contributed by atoms with Gasteiger partial charge < -0.3 is 11.1 Å². The van der Waals surface area contributed by atoms with Gasteiger partial charge in [0.2, 0.25) is 5.91 Å². The number of carbonyl (C=O) groups excluding carboxylic acids is 1. The molecule has 0 atom stereocenters. The van der Waals surface area contributed by atoms with E-state index in [9.17, 15) is 4.79 Å². The van der Waals surface area contributed by atoms with Crippen LogP contribution in [0.2, 0.25) is 0 Å². The Balaban J connectivity index is 2.65. The first-order valence-electron chi connectivity index (χ1n) is 6.91. The molecule has 0 bridgehead atoms. The molecule has 0 aliphatic rings. The molecular weight excluding hydrogens is 236 g/mol. The van der Waals surface area contributed by atoms with E-state index in [1.807, 2.05) is 0 Å². The van der Waals surface area contributed by atoms with Gasteiger partial charge in [-0.05, 0) is 35.4 Å². The predicted octanol–water partition coefficient (Wildman–Crippen LogP) is 2.30. The zero-order chi connectivity index (χ0) is 14.5. The lowest BCUT2D eigenvalue weighted by molar-refractivity contribution is -0.120. The fourth-order valence-electron chi connectivity index (χ4n) is 1.96. The number of nitrogens with one attached hydrogen (secondary N) is 1. The third-order valence-corrected chi connectivity index (χ3v) is 3.30. The average molecular weight is 262 g/mol. The summed E-state index contributed by atoms with van der Waals surface area (Å²) in [6, 6.07) is 6.61. The predicted molar refractivity (Wildman–Crippen MR) is 80.3 cm³/mol. The first-order chi connectivity index (χ1) is 8.84. The van der Waals surface area contributed by atoms with Crippen molar-refractivity contribution in [2.45, 2.75) is 46.0 Å². The highest BCUT2D eigenvalue weighted by Gasteiger charge is 2.14. The van der Waals surface area contributed by atoms with E-state index in [0.717, 1.165) is 6.42 Å². The van der Waals surface area contributed by atoms with Gasteiger partial charge in [0.1, 0.15) is 0 Å². The van der Waals surface area contributed by atoms with Crippen LogP contribution in [0.25, 0.3) is 0 Å². The summed E-state index contributed by atoms with van der Waals surface area (Å²) >= 11 is 0. The lowest BCUT2D eigenvalue weighted by atomic mass is 9.85. The maximum absolute atomic E-state index is 11.4. The lowest BCUT2D eigenvalue weighted by Gasteiger charge is -2.21. The topological polar surface area (TPSA) is 55.1 Å². The van der Waals surface area contributed by atoms with Gasteiger partial charge in [0.25, 0.3) is 0 Å². The molecule has 0 aliphatic heterocycles. The molecule has 0 heterocycles. The Kier molecular flexibility index (Phi) is 5.55. The summed E-state index contributed by atoms with van der Waals surface area (Å²) in [5, 5.41) is 2.90. The van der Waals surface area contributed by atoms with Crippen molar-refractivity contribution in [3.05, 3.63) is 34.9 Å². The maximum Gasteiger partial charge on any atom is 0.221 e. The Morgan fingerprint density at radius 1 is 1.32 bits per heavy atom. The number of hydrogen-bond acceptors (Lipinski definition) is 2. The summed E-state index contributed by atoms with van der Waals surface area (Å²) in [6.07, 6.45) is 1.27. The first kappa shape index (κ1) is 15.7. The summed E-state index contributed by atoms with van der Waals surface area (Å²) < 4.78 is 0. The second kappa shape index (κ2) is 6.71. The molecule has 1 amide bonds.